The van der Waals surface area contributed by atoms with Crippen LogP contribution in [-0.4, -0.2) is 6.36 Å². The maximum Gasteiger partial charge on any atom is 0.573 e. The second-order valence-electron chi connectivity index (χ2n) is 4.01. The molecule has 2 aromatic rings. The molecule has 0 spiro atoms. The van der Waals surface area contributed by atoms with E-state index in [1.165, 1.54) is 18.2 Å². The van der Waals surface area contributed by atoms with Crippen LogP contribution in [0.25, 0.3) is 0 Å². The summed E-state index contributed by atoms with van der Waals surface area (Å²) in [5, 5.41) is 0. The number of hydrogen-bond donors (Lipinski definition) is 1. The number of aryl methyl sites for hydroxylation is 1. The summed E-state index contributed by atoms with van der Waals surface area (Å²) >= 11 is 0. The number of nitrogens with two attached hydrogens (primary N) is 1. The molecule has 2 rings (SSSR count). The summed E-state index contributed by atoms with van der Waals surface area (Å²) in [6.45, 7) is 1.73. The molecule has 1 atom stereocenters. The van der Waals surface area contributed by atoms with E-state index in [2.05, 4.69) is 4.74 Å². The minimum Gasteiger partial charge on any atom is -0.464 e. The fraction of sp³-hybridized carbons (Fsp3) is 0.231. The third kappa shape index (κ3) is 3.29. The summed E-state index contributed by atoms with van der Waals surface area (Å²) in [6, 6.07) is 8.25. The zero-order chi connectivity index (χ0) is 14.0. The highest BCUT2D eigenvalue weighted by molar-refractivity contribution is 5.39. The molecule has 1 heterocycles. The molecule has 1 aromatic carbocycles. The van der Waals surface area contributed by atoms with Gasteiger partial charge in [-0.2, -0.15) is 0 Å². The number of alkyl halides is 3. The maximum absolute atomic E-state index is 12.3. The molecule has 0 aliphatic rings. The van der Waals surface area contributed by atoms with Crippen LogP contribution in [0.5, 0.6) is 5.75 Å². The number of rotatable bonds is 3. The first-order valence-corrected chi connectivity index (χ1v) is 5.53. The van der Waals surface area contributed by atoms with Gasteiger partial charge in [0.05, 0.1) is 6.04 Å². The lowest BCUT2D eigenvalue weighted by atomic mass is 10.0. The van der Waals surface area contributed by atoms with E-state index in [4.69, 9.17) is 10.2 Å². The number of hydrogen-bond acceptors (Lipinski definition) is 3. The molecule has 3 nitrogen and oxygen atoms in total. The van der Waals surface area contributed by atoms with Crippen molar-refractivity contribution in [2.24, 2.45) is 5.73 Å². The Bertz CT molecular complexity index is 563. The van der Waals surface area contributed by atoms with Gasteiger partial charge in [-0.1, -0.05) is 18.2 Å². The van der Waals surface area contributed by atoms with Crippen molar-refractivity contribution in [2.45, 2.75) is 19.3 Å². The minimum absolute atomic E-state index is 0.217. The van der Waals surface area contributed by atoms with Gasteiger partial charge in [0.2, 0.25) is 0 Å². The standard InChI is InChI=1S/C13H12F3NO2/c1-8-6-7-11(18-8)12(17)9-4-2-3-5-10(9)19-13(14,15)16/h2-7,12H,17H2,1H3. The van der Waals surface area contributed by atoms with Crippen LogP contribution >= 0.6 is 0 Å². The van der Waals surface area contributed by atoms with Crippen molar-refractivity contribution >= 4 is 0 Å². The fourth-order valence-corrected chi connectivity index (χ4v) is 1.73. The van der Waals surface area contributed by atoms with E-state index >= 15 is 0 Å². The van der Waals surface area contributed by atoms with Crippen LogP contribution in [0.3, 0.4) is 0 Å². The molecule has 0 aliphatic carbocycles. The molecule has 0 saturated heterocycles. The van der Waals surface area contributed by atoms with E-state index in [0.29, 0.717) is 11.5 Å². The molecule has 1 unspecified atom stereocenters. The van der Waals surface area contributed by atoms with Gasteiger partial charge in [-0.05, 0) is 25.1 Å². The monoisotopic (exact) mass is 271 g/mol. The Labute approximate surface area is 107 Å². The van der Waals surface area contributed by atoms with Gasteiger partial charge in [-0.25, -0.2) is 0 Å². The second-order valence-corrected chi connectivity index (χ2v) is 4.01. The van der Waals surface area contributed by atoms with Gasteiger partial charge < -0.3 is 14.9 Å². The van der Waals surface area contributed by atoms with Crippen molar-refractivity contribution in [1.82, 2.24) is 0 Å². The van der Waals surface area contributed by atoms with Crippen LogP contribution in [0, 0.1) is 6.92 Å². The van der Waals surface area contributed by atoms with Gasteiger partial charge in [-0.3, -0.25) is 0 Å². The van der Waals surface area contributed by atoms with Crippen LogP contribution in [0.15, 0.2) is 40.8 Å². The highest BCUT2D eigenvalue weighted by atomic mass is 19.4. The first-order valence-electron chi connectivity index (χ1n) is 5.53. The Balaban J connectivity index is 2.34. The lowest BCUT2D eigenvalue weighted by molar-refractivity contribution is -0.274. The lowest BCUT2D eigenvalue weighted by Gasteiger charge is -2.16. The summed E-state index contributed by atoms with van der Waals surface area (Å²) < 4.78 is 46.2. The van der Waals surface area contributed by atoms with Crippen molar-refractivity contribution < 1.29 is 22.3 Å². The Hall–Kier alpha value is -1.95. The molecule has 0 radical (unpaired) electrons. The van der Waals surface area contributed by atoms with Crippen molar-refractivity contribution in [3.8, 4) is 5.75 Å². The van der Waals surface area contributed by atoms with Crippen LogP contribution in [-0.2, 0) is 0 Å². The molecule has 0 amide bonds. The van der Waals surface area contributed by atoms with E-state index < -0.39 is 12.4 Å². The molecule has 6 heteroatoms. The Morgan fingerprint density at radius 3 is 2.42 bits per heavy atom. The van der Waals surface area contributed by atoms with Gasteiger partial charge >= 0.3 is 6.36 Å². The van der Waals surface area contributed by atoms with E-state index in [9.17, 15) is 13.2 Å². The number of halogens is 3. The SMILES string of the molecule is Cc1ccc(C(N)c2ccccc2OC(F)(F)F)o1. The number of para-hydroxylation sites is 1. The van der Waals surface area contributed by atoms with Gasteiger partial charge in [0, 0.05) is 5.56 Å². The third-order valence-electron chi connectivity index (χ3n) is 2.55. The van der Waals surface area contributed by atoms with E-state index in [-0.39, 0.29) is 11.3 Å². The molecule has 0 bridgehead atoms. The molecule has 2 N–H and O–H groups in total. The van der Waals surface area contributed by atoms with E-state index in [1.807, 2.05) is 0 Å². The van der Waals surface area contributed by atoms with Crippen LogP contribution < -0.4 is 10.5 Å². The molecule has 1 aromatic heterocycles. The predicted octanol–water partition coefficient (Wildman–Crippen LogP) is 3.53. The summed E-state index contributed by atoms with van der Waals surface area (Å²) in [6.07, 6.45) is -4.76. The topological polar surface area (TPSA) is 48.4 Å². The number of benzene rings is 1. The Morgan fingerprint density at radius 2 is 1.84 bits per heavy atom. The maximum atomic E-state index is 12.3. The number of furan rings is 1. The lowest BCUT2D eigenvalue weighted by Crippen LogP contribution is -2.20. The second kappa shape index (κ2) is 4.97. The highest BCUT2D eigenvalue weighted by Crippen LogP contribution is 2.32. The van der Waals surface area contributed by atoms with Crippen LogP contribution in [0.2, 0.25) is 0 Å². The normalized spacial score (nSPS) is 13.3. The molecule has 0 fully saturated rings. The Morgan fingerprint density at radius 1 is 1.16 bits per heavy atom. The average Bonchev–Trinajstić information content (AvgIpc) is 2.74. The first kappa shape index (κ1) is 13.5. The minimum atomic E-state index is -4.76. The van der Waals surface area contributed by atoms with Gasteiger partial charge in [0.25, 0.3) is 0 Å². The van der Waals surface area contributed by atoms with Gasteiger partial charge in [-0.15, -0.1) is 13.2 Å². The smallest absolute Gasteiger partial charge is 0.464 e. The summed E-state index contributed by atoms with van der Waals surface area (Å²) in [5.41, 5.74) is 6.13. The molecule has 0 saturated carbocycles. The van der Waals surface area contributed by atoms with Crippen LogP contribution in [0.1, 0.15) is 23.1 Å². The molecular formula is C13H12F3NO2. The zero-order valence-corrected chi connectivity index (χ0v) is 10.1. The third-order valence-corrected chi connectivity index (χ3v) is 2.55. The van der Waals surface area contributed by atoms with Crippen molar-refractivity contribution in [2.75, 3.05) is 0 Å². The van der Waals surface area contributed by atoms with Crippen LogP contribution in [0.4, 0.5) is 13.2 Å². The Kier molecular flexibility index (Phi) is 3.53. The summed E-state index contributed by atoms with van der Waals surface area (Å²) in [4.78, 5) is 0. The van der Waals surface area contributed by atoms with Gasteiger partial charge in [0.1, 0.15) is 17.3 Å². The molecule has 0 aliphatic heterocycles. The highest BCUT2D eigenvalue weighted by Gasteiger charge is 2.33. The van der Waals surface area contributed by atoms with Crippen molar-refractivity contribution in [3.05, 3.63) is 53.5 Å². The summed E-state index contributed by atoms with van der Waals surface area (Å²) in [7, 11) is 0. The van der Waals surface area contributed by atoms with Crippen molar-refractivity contribution in [1.29, 1.82) is 0 Å². The number of ether oxygens (including phenoxy) is 1. The van der Waals surface area contributed by atoms with Gasteiger partial charge in [0.15, 0.2) is 0 Å². The quantitative estimate of drug-likeness (QED) is 0.928. The van der Waals surface area contributed by atoms with Crippen molar-refractivity contribution in [3.63, 3.8) is 0 Å². The fourth-order valence-electron chi connectivity index (χ4n) is 1.73. The first-order chi connectivity index (χ1) is 8.87. The molecule has 19 heavy (non-hydrogen) atoms. The average molecular weight is 271 g/mol. The largest absolute Gasteiger partial charge is 0.573 e. The van der Waals surface area contributed by atoms with E-state index in [0.717, 1.165) is 0 Å². The summed E-state index contributed by atoms with van der Waals surface area (Å²) in [5.74, 6) is 0.701. The van der Waals surface area contributed by atoms with E-state index in [1.54, 1.807) is 25.1 Å². The molecular weight excluding hydrogens is 259 g/mol. The molecule has 102 valence electrons. The zero-order valence-electron chi connectivity index (χ0n) is 10.1. The predicted molar refractivity (Wildman–Crippen MR) is 62.6 cm³/mol.